The number of hydrogen-bond donors (Lipinski definition) is 6. The van der Waals surface area contributed by atoms with Crippen LogP contribution in [0.3, 0.4) is 0 Å². The predicted octanol–water partition coefficient (Wildman–Crippen LogP) is 0.00610. The van der Waals surface area contributed by atoms with E-state index in [2.05, 4.69) is 5.32 Å². The number of anilines is 1. The van der Waals surface area contributed by atoms with Crippen molar-refractivity contribution in [1.82, 2.24) is 5.32 Å². The fraction of sp³-hybridized carbons (Fsp3) is 0.391. The standard InChI is InChI=1S/C23H25N3O8/c1-25-22(33)11-7-12(26(2)3)10-5-8-4-9-6-13(27)16(21(24)32)20(31)23(9,34)19(30)14(8)18(29)15(10)17(11)28/h7-9,27-28,30,34H,4-6H2,1-3H3,(H2,24,32)(H,25,33)/t8-,9+,23+/m1/s1. The number of nitrogens with two attached hydrogens (primary N) is 1. The molecule has 3 aliphatic rings. The van der Waals surface area contributed by atoms with Gasteiger partial charge in [0.05, 0.1) is 11.1 Å². The van der Waals surface area contributed by atoms with Crippen molar-refractivity contribution in [2.45, 2.75) is 24.9 Å². The van der Waals surface area contributed by atoms with E-state index in [0.717, 1.165) is 0 Å². The number of nitrogens with zero attached hydrogens (tertiary/aromatic N) is 1. The first-order valence-electron chi connectivity index (χ1n) is 10.6. The zero-order valence-corrected chi connectivity index (χ0v) is 18.8. The summed E-state index contributed by atoms with van der Waals surface area (Å²) >= 11 is 0. The zero-order valence-electron chi connectivity index (χ0n) is 18.8. The number of carbonyl (C=O) groups is 4. The van der Waals surface area contributed by atoms with E-state index < -0.39 is 63.7 Å². The number of phenolic OH excluding ortho intramolecular Hbond substituents is 1. The number of aliphatic hydroxyl groups excluding tert-OH is 2. The topological polar surface area (TPSA) is 190 Å². The number of rotatable bonds is 3. The molecule has 0 aromatic heterocycles. The molecule has 0 bridgehead atoms. The molecule has 180 valence electrons. The molecule has 2 amide bonds. The third-order valence-electron chi connectivity index (χ3n) is 6.99. The fourth-order valence-corrected chi connectivity index (χ4v) is 5.37. The van der Waals surface area contributed by atoms with Crippen molar-refractivity contribution in [1.29, 1.82) is 0 Å². The van der Waals surface area contributed by atoms with Crippen molar-refractivity contribution in [3.8, 4) is 5.75 Å². The van der Waals surface area contributed by atoms with Crippen LogP contribution in [0, 0.1) is 11.8 Å². The Hall–Kier alpha value is -3.86. The van der Waals surface area contributed by atoms with E-state index in [-0.39, 0.29) is 36.0 Å². The molecule has 0 unspecified atom stereocenters. The van der Waals surface area contributed by atoms with Crippen LogP contribution in [0.5, 0.6) is 5.75 Å². The third kappa shape index (κ3) is 2.93. The summed E-state index contributed by atoms with van der Waals surface area (Å²) in [6.07, 6.45) is -0.103. The number of Topliss-reactive ketones (excluding diaryl/α,β-unsaturated/α-hetero) is 2. The van der Waals surface area contributed by atoms with Crippen molar-refractivity contribution in [2.24, 2.45) is 17.6 Å². The Morgan fingerprint density at radius 1 is 1.18 bits per heavy atom. The lowest BCUT2D eigenvalue weighted by Gasteiger charge is -2.45. The maximum absolute atomic E-state index is 13.6. The second kappa shape index (κ2) is 7.59. The monoisotopic (exact) mass is 471 g/mol. The van der Waals surface area contributed by atoms with Crippen LogP contribution in [0.25, 0.3) is 0 Å². The maximum Gasteiger partial charge on any atom is 0.255 e. The number of amides is 2. The number of allylic oxidation sites excluding steroid dienone is 2. The molecule has 7 N–H and O–H groups in total. The molecule has 4 rings (SSSR count). The van der Waals surface area contributed by atoms with Crippen LogP contribution in [0.15, 0.2) is 28.7 Å². The van der Waals surface area contributed by atoms with E-state index in [1.54, 1.807) is 19.0 Å². The quantitative estimate of drug-likeness (QED) is 0.330. The van der Waals surface area contributed by atoms with Crippen molar-refractivity contribution >= 4 is 29.1 Å². The molecule has 34 heavy (non-hydrogen) atoms. The molecular weight excluding hydrogens is 446 g/mol. The maximum atomic E-state index is 13.6. The molecule has 3 aliphatic carbocycles. The highest BCUT2D eigenvalue weighted by molar-refractivity contribution is 6.24. The van der Waals surface area contributed by atoms with Crippen LogP contribution in [-0.2, 0) is 16.0 Å². The lowest BCUT2D eigenvalue weighted by Crippen LogP contribution is -2.57. The van der Waals surface area contributed by atoms with Gasteiger partial charge in [0.1, 0.15) is 22.8 Å². The minimum atomic E-state index is -2.63. The summed E-state index contributed by atoms with van der Waals surface area (Å²) in [5.41, 5.74) is 2.06. The SMILES string of the molecule is CNC(=O)c1cc(N(C)C)c2c(c1O)C(=O)C1=C(O)[C@]3(O)C(=O)C(C(N)=O)=C(O)C[C@@H]3C[C@@H]1C2. The molecule has 0 saturated carbocycles. The number of ketones is 2. The summed E-state index contributed by atoms with van der Waals surface area (Å²) in [5, 5.41) is 45.8. The Kier molecular flexibility index (Phi) is 5.20. The summed E-state index contributed by atoms with van der Waals surface area (Å²) < 4.78 is 0. The Labute approximate surface area is 194 Å². The molecule has 0 spiro atoms. The minimum Gasteiger partial charge on any atom is -0.511 e. The summed E-state index contributed by atoms with van der Waals surface area (Å²) in [7, 11) is 4.79. The van der Waals surface area contributed by atoms with Gasteiger partial charge in [-0.15, -0.1) is 0 Å². The highest BCUT2D eigenvalue weighted by Gasteiger charge is 2.59. The number of hydrogen-bond acceptors (Lipinski definition) is 9. The van der Waals surface area contributed by atoms with Gasteiger partial charge in [0.25, 0.3) is 11.8 Å². The largest absolute Gasteiger partial charge is 0.511 e. The molecule has 0 radical (unpaired) electrons. The van der Waals surface area contributed by atoms with E-state index in [4.69, 9.17) is 5.73 Å². The summed E-state index contributed by atoms with van der Waals surface area (Å²) in [4.78, 5) is 52.3. The van der Waals surface area contributed by atoms with Crippen molar-refractivity contribution < 1.29 is 39.6 Å². The van der Waals surface area contributed by atoms with E-state index in [9.17, 15) is 39.6 Å². The first kappa shape index (κ1) is 23.3. The van der Waals surface area contributed by atoms with Gasteiger partial charge < -0.3 is 36.4 Å². The van der Waals surface area contributed by atoms with Gasteiger partial charge in [-0.05, 0) is 30.4 Å². The van der Waals surface area contributed by atoms with Crippen molar-refractivity contribution in [2.75, 3.05) is 26.0 Å². The van der Waals surface area contributed by atoms with Gasteiger partial charge in [-0.25, -0.2) is 0 Å². The number of aliphatic hydroxyl groups is 3. The summed E-state index contributed by atoms with van der Waals surface area (Å²) in [5.74, 6) is -7.76. The fourth-order valence-electron chi connectivity index (χ4n) is 5.37. The molecule has 0 fully saturated rings. The van der Waals surface area contributed by atoms with Crippen LogP contribution in [0.2, 0.25) is 0 Å². The van der Waals surface area contributed by atoms with E-state index in [1.165, 1.54) is 13.1 Å². The molecule has 11 heteroatoms. The average molecular weight is 471 g/mol. The Bertz CT molecular complexity index is 1250. The first-order chi connectivity index (χ1) is 15.9. The number of fused-ring (bicyclic) bond motifs is 3. The normalized spacial score (nSPS) is 26.0. The van der Waals surface area contributed by atoms with Crippen LogP contribution >= 0.6 is 0 Å². The lowest BCUT2D eigenvalue weighted by atomic mass is 9.60. The molecule has 0 saturated heterocycles. The van der Waals surface area contributed by atoms with E-state index in [0.29, 0.717) is 11.3 Å². The minimum absolute atomic E-state index is 0.0355. The molecule has 0 aliphatic heterocycles. The third-order valence-corrected chi connectivity index (χ3v) is 6.99. The van der Waals surface area contributed by atoms with Crippen LogP contribution in [-0.4, -0.2) is 70.6 Å². The number of benzene rings is 1. The predicted molar refractivity (Wildman–Crippen MR) is 119 cm³/mol. The van der Waals surface area contributed by atoms with Crippen LogP contribution in [0.4, 0.5) is 5.69 Å². The molecule has 1 aromatic rings. The summed E-state index contributed by atoms with van der Waals surface area (Å²) in [6, 6.07) is 1.46. The number of aromatic hydroxyl groups is 1. The van der Waals surface area contributed by atoms with E-state index >= 15 is 0 Å². The molecule has 0 heterocycles. The van der Waals surface area contributed by atoms with Gasteiger partial charge in [-0.1, -0.05) is 0 Å². The highest BCUT2D eigenvalue weighted by Crippen LogP contribution is 2.52. The lowest BCUT2D eigenvalue weighted by molar-refractivity contribution is -0.144. The van der Waals surface area contributed by atoms with Crippen molar-refractivity contribution in [3.63, 3.8) is 0 Å². The zero-order chi connectivity index (χ0) is 25.3. The van der Waals surface area contributed by atoms with Gasteiger partial charge in [0.15, 0.2) is 11.4 Å². The van der Waals surface area contributed by atoms with Gasteiger partial charge in [0, 0.05) is 44.7 Å². The second-order valence-corrected chi connectivity index (χ2v) is 9.03. The smallest absolute Gasteiger partial charge is 0.255 e. The number of phenols is 1. The van der Waals surface area contributed by atoms with Gasteiger partial charge in [-0.2, -0.15) is 0 Å². The van der Waals surface area contributed by atoms with Crippen LogP contribution < -0.4 is 16.0 Å². The molecule has 11 nitrogen and oxygen atoms in total. The van der Waals surface area contributed by atoms with Crippen molar-refractivity contribution in [3.05, 3.63) is 45.4 Å². The van der Waals surface area contributed by atoms with Gasteiger partial charge in [0.2, 0.25) is 5.78 Å². The highest BCUT2D eigenvalue weighted by atomic mass is 16.3. The Morgan fingerprint density at radius 2 is 1.82 bits per heavy atom. The Morgan fingerprint density at radius 3 is 2.38 bits per heavy atom. The molecular formula is C23H25N3O8. The second-order valence-electron chi connectivity index (χ2n) is 9.03. The first-order valence-corrected chi connectivity index (χ1v) is 10.6. The van der Waals surface area contributed by atoms with E-state index in [1.807, 2.05) is 0 Å². The summed E-state index contributed by atoms with van der Waals surface area (Å²) in [6.45, 7) is 0. The van der Waals surface area contributed by atoms with Gasteiger partial charge >= 0.3 is 0 Å². The number of primary amides is 1. The number of nitrogens with one attached hydrogen (secondary N) is 1. The van der Waals surface area contributed by atoms with Gasteiger partial charge in [-0.3, -0.25) is 19.2 Å². The average Bonchev–Trinajstić information content (AvgIpc) is 2.75. The Balaban J connectivity index is 1.96. The van der Waals surface area contributed by atoms with Crippen LogP contribution in [0.1, 0.15) is 39.1 Å². The molecule has 1 aromatic carbocycles. The number of carbonyl (C=O) groups excluding carboxylic acids is 4. The molecule has 3 atom stereocenters.